The van der Waals surface area contributed by atoms with Gasteiger partial charge in [-0.3, -0.25) is 4.79 Å². The molecule has 0 amide bonds. The SMILES string of the molecule is Cc1cc(C(N)C(=O)O)cc(C)c1O. The van der Waals surface area contributed by atoms with Crippen molar-refractivity contribution in [2.24, 2.45) is 5.73 Å². The number of carboxylic acids is 1. The summed E-state index contributed by atoms with van der Waals surface area (Å²) in [6.45, 7) is 3.42. The summed E-state index contributed by atoms with van der Waals surface area (Å²) in [5, 5.41) is 18.2. The van der Waals surface area contributed by atoms with E-state index in [4.69, 9.17) is 10.8 Å². The van der Waals surface area contributed by atoms with Crippen molar-refractivity contribution < 1.29 is 15.0 Å². The fraction of sp³-hybridized carbons (Fsp3) is 0.300. The molecule has 0 aliphatic carbocycles. The Morgan fingerprint density at radius 1 is 1.36 bits per heavy atom. The van der Waals surface area contributed by atoms with E-state index in [1.54, 1.807) is 26.0 Å². The van der Waals surface area contributed by atoms with Gasteiger partial charge in [-0.25, -0.2) is 0 Å². The van der Waals surface area contributed by atoms with Crippen LogP contribution in [0, 0.1) is 13.8 Å². The molecule has 0 saturated heterocycles. The first-order chi connectivity index (χ1) is 6.43. The van der Waals surface area contributed by atoms with E-state index in [1.807, 2.05) is 0 Å². The van der Waals surface area contributed by atoms with E-state index in [2.05, 4.69) is 0 Å². The largest absolute Gasteiger partial charge is 0.507 e. The molecule has 4 N–H and O–H groups in total. The van der Waals surface area contributed by atoms with Crippen molar-refractivity contribution in [1.82, 2.24) is 0 Å². The van der Waals surface area contributed by atoms with Crippen molar-refractivity contribution in [3.63, 3.8) is 0 Å². The molecule has 4 heteroatoms. The highest BCUT2D eigenvalue weighted by Gasteiger charge is 2.16. The first kappa shape index (κ1) is 10.5. The summed E-state index contributed by atoms with van der Waals surface area (Å²) in [7, 11) is 0. The molecule has 0 heterocycles. The average Bonchev–Trinajstić information content (AvgIpc) is 2.12. The number of aryl methyl sites for hydroxylation is 2. The summed E-state index contributed by atoms with van der Waals surface area (Å²) in [4.78, 5) is 10.6. The van der Waals surface area contributed by atoms with Crippen LogP contribution in [0.3, 0.4) is 0 Å². The van der Waals surface area contributed by atoms with Crippen LogP contribution in [0.15, 0.2) is 12.1 Å². The van der Waals surface area contributed by atoms with Gasteiger partial charge in [-0.1, -0.05) is 12.1 Å². The Morgan fingerprint density at radius 2 is 1.79 bits per heavy atom. The molecule has 0 bridgehead atoms. The topological polar surface area (TPSA) is 83.6 Å². The van der Waals surface area contributed by atoms with Crippen molar-refractivity contribution in [1.29, 1.82) is 0 Å². The van der Waals surface area contributed by atoms with E-state index in [0.29, 0.717) is 16.7 Å². The number of aromatic hydroxyl groups is 1. The zero-order chi connectivity index (χ0) is 10.9. The lowest BCUT2D eigenvalue weighted by Crippen LogP contribution is -2.20. The zero-order valence-electron chi connectivity index (χ0n) is 8.11. The van der Waals surface area contributed by atoms with Crippen LogP contribution in [0.1, 0.15) is 22.7 Å². The molecule has 0 aliphatic rings. The molecular weight excluding hydrogens is 182 g/mol. The van der Waals surface area contributed by atoms with Gasteiger partial charge in [0.25, 0.3) is 0 Å². The Hall–Kier alpha value is -1.55. The Morgan fingerprint density at radius 3 is 2.14 bits per heavy atom. The van der Waals surface area contributed by atoms with Gasteiger partial charge in [0.15, 0.2) is 0 Å². The van der Waals surface area contributed by atoms with Crippen molar-refractivity contribution >= 4 is 5.97 Å². The van der Waals surface area contributed by atoms with Crippen molar-refractivity contribution in [2.75, 3.05) is 0 Å². The molecule has 1 aromatic rings. The van der Waals surface area contributed by atoms with Gasteiger partial charge in [-0.05, 0) is 30.5 Å². The summed E-state index contributed by atoms with van der Waals surface area (Å²) < 4.78 is 0. The van der Waals surface area contributed by atoms with Gasteiger partial charge in [0.2, 0.25) is 0 Å². The number of carboxylic acid groups (broad SMARTS) is 1. The number of benzene rings is 1. The average molecular weight is 195 g/mol. The van der Waals surface area contributed by atoms with Gasteiger partial charge in [-0.2, -0.15) is 0 Å². The van der Waals surface area contributed by atoms with Crippen LogP contribution < -0.4 is 5.73 Å². The molecule has 4 nitrogen and oxygen atoms in total. The molecule has 1 unspecified atom stereocenters. The molecule has 0 fully saturated rings. The van der Waals surface area contributed by atoms with Crippen LogP contribution in [0.5, 0.6) is 5.75 Å². The lowest BCUT2D eigenvalue weighted by atomic mass is 10.0. The highest BCUT2D eigenvalue weighted by Crippen LogP contribution is 2.25. The van der Waals surface area contributed by atoms with Crippen LogP contribution in [0.4, 0.5) is 0 Å². The molecule has 1 rings (SSSR count). The molecule has 1 atom stereocenters. The second kappa shape index (κ2) is 3.67. The maximum Gasteiger partial charge on any atom is 0.325 e. The molecule has 0 radical (unpaired) electrons. The van der Waals surface area contributed by atoms with Gasteiger partial charge in [0.05, 0.1) is 0 Å². The summed E-state index contributed by atoms with van der Waals surface area (Å²) in [5.41, 5.74) is 7.22. The van der Waals surface area contributed by atoms with Gasteiger partial charge < -0.3 is 15.9 Å². The minimum Gasteiger partial charge on any atom is -0.507 e. The molecule has 0 spiro atoms. The molecule has 0 aliphatic heterocycles. The number of hydrogen-bond acceptors (Lipinski definition) is 3. The van der Waals surface area contributed by atoms with Crippen LogP contribution in [-0.2, 0) is 4.79 Å². The van der Waals surface area contributed by atoms with Crippen LogP contribution >= 0.6 is 0 Å². The quantitative estimate of drug-likeness (QED) is 0.659. The monoisotopic (exact) mass is 195 g/mol. The van der Waals surface area contributed by atoms with Gasteiger partial charge in [0.1, 0.15) is 11.8 Å². The van der Waals surface area contributed by atoms with Crippen LogP contribution in [0.25, 0.3) is 0 Å². The number of rotatable bonds is 2. The highest BCUT2D eigenvalue weighted by atomic mass is 16.4. The molecule has 0 saturated carbocycles. The standard InChI is InChI=1S/C10H13NO3/c1-5-3-7(8(11)10(13)14)4-6(2)9(5)12/h3-4,8,12H,11H2,1-2H3,(H,13,14). The lowest BCUT2D eigenvalue weighted by molar-refractivity contribution is -0.138. The zero-order valence-corrected chi connectivity index (χ0v) is 8.11. The second-order valence-corrected chi connectivity index (χ2v) is 3.32. The Kier molecular flexibility index (Phi) is 2.76. The van der Waals surface area contributed by atoms with Crippen LogP contribution in [0.2, 0.25) is 0 Å². The highest BCUT2D eigenvalue weighted by molar-refractivity contribution is 5.75. The Labute approximate surface area is 82.0 Å². The van der Waals surface area contributed by atoms with Crippen molar-refractivity contribution in [3.8, 4) is 5.75 Å². The molecule has 76 valence electrons. The van der Waals surface area contributed by atoms with E-state index in [0.717, 1.165) is 0 Å². The summed E-state index contributed by atoms with van der Waals surface area (Å²) in [6, 6.07) is 2.13. The normalized spacial score (nSPS) is 12.5. The van der Waals surface area contributed by atoms with Gasteiger partial charge >= 0.3 is 5.97 Å². The summed E-state index contributed by atoms with van der Waals surface area (Å²) in [5.74, 6) is -0.888. The van der Waals surface area contributed by atoms with Crippen LogP contribution in [-0.4, -0.2) is 16.2 Å². The predicted octanol–water partition coefficient (Wildman–Crippen LogP) is 1.09. The van der Waals surface area contributed by atoms with Gasteiger partial charge in [0, 0.05) is 0 Å². The number of hydrogen-bond donors (Lipinski definition) is 3. The molecule has 0 aromatic heterocycles. The Bertz CT molecular complexity index is 351. The third-order valence-corrected chi connectivity index (χ3v) is 2.14. The number of nitrogens with two attached hydrogens (primary N) is 1. The fourth-order valence-corrected chi connectivity index (χ4v) is 1.31. The minimum atomic E-state index is -1.07. The number of carbonyl (C=O) groups is 1. The lowest BCUT2D eigenvalue weighted by Gasteiger charge is -2.10. The molecular formula is C10H13NO3. The van der Waals surface area contributed by atoms with Gasteiger partial charge in [-0.15, -0.1) is 0 Å². The third kappa shape index (κ3) is 1.85. The predicted molar refractivity (Wildman–Crippen MR) is 52.1 cm³/mol. The molecule has 14 heavy (non-hydrogen) atoms. The maximum atomic E-state index is 10.6. The van der Waals surface area contributed by atoms with E-state index in [1.165, 1.54) is 0 Å². The first-order valence-electron chi connectivity index (χ1n) is 4.22. The van der Waals surface area contributed by atoms with E-state index in [-0.39, 0.29) is 5.75 Å². The fourth-order valence-electron chi connectivity index (χ4n) is 1.31. The summed E-state index contributed by atoms with van der Waals surface area (Å²) >= 11 is 0. The smallest absolute Gasteiger partial charge is 0.325 e. The number of phenols is 1. The Balaban J connectivity index is 3.19. The second-order valence-electron chi connectivity index (χ2n) is 3.32. The van der Waals surface area contributed by atoms with Crippen molar-refractivity contribution in [3.05, 3.63) is 28.8 Å². The van der Waals surface area contributed by atoms with E-state index in [9.17, 15) is 9.90 Å². The first-order valence-corrected chi connectivity index (χ1v) is 4.22. The number of phenolic OH excluding ortho intramolecular Hbond substituents is 1. The maximum absolute atomic E-state index is 10.6. The molecule has 1 aromatic carbocycles. The summed E-state index contributed by atoms with van der Waals surface area (Å²) in [6.07, 6.45) is 0. The van der Waals surface area contributed by atoms with E-state index >= 15 is 0 Å². The number of aliphatic carboxylic acids is 1. The van der Waals surface area contributed by atoms with Crippen molar-refractivity contribution in [2.45, 2.75) is 19.9 Å². The minimum absolute atomic E-state index is 0.186. The van der Waals surface area contributed by atoms with E-state index < -0.39 is 12.0 Å². The third-order valence-electron chi connectivity index (χ3n) is 2.14.